The molecule has 0 aliphatic carbocycles. The number of rotatable bonds is 5. The van der Waals surface area contributed by atoms with E-state index in [1.165, 1.54) is 0 Å². The average Bonchev–Trinajstić information content (AvgIpc) is 2.46. The molecule has 1 heterocycles. The summed E-state index contributed by atoms with van der Waals surface area (Å²) in [7, 11) is 0. The molecule has 0 amide bonds. The topological polar surface area (TPSA) is 79.7 Å². The maximum absolute atomic E-state index is 11.1. The first-order valence-electron chi connectivity index (χ1n) is 6.14. The van der Waals surface area contributed by atoms with Gasteiger partial charge < -0.3 is 14.9 Å². The van der Waals surface area contributed by atoms with Gasteiger partial charge in [0.15, 0.2) is 11.4 Å². The van der Waals surface area contributed by atoms with Crippen molar-refractivity contribution >= 4 is 5.97 Å². The molecule has 0 saturated heterocycles. The molecule has 2 aromatic rings. The van der Waals surface area contributed by atoms with Crippen LogP contribution in [0.1, 0.15) is 27.8 Å². The highest BCUT2D eigenvalue weighted by atomic mass is 16.5. The predicted octanol–water partition coefficient (Wildman–Crippen LogP) is 2.20. The van der Waals surface area contributed by atoms with Gasteiger partial charge >= 0.3 is 5.97 Å². The standard InChI is InChI=1S/C15H15NO4/c1-10-7-8-13(14(16-10)15(18)19)20-9-12(17)11-5-3-2-4-6-11/h2-8,12,17H,9H2,1H3,(H,18,19). The Bertz CT molecular complexity index is 598. The summed E-state index contributed by atoms with van der Waals surface area (Å²) < 4.78 is 5.38. The minimum Gasteiger partial charge on any atom is -0.488 e. The fourth-order valence-corrected chi connectivity index (χ4v) is 1.75. The van der Waals surface area contributed by atoms with Crippen molar-refractivity contribution in [1.29, 1.82) is 0 Å². The Hall–Kier alpha value is -2.40. The Balaban J connectivity index is 2.09. The number of aromatic nitrogens is 1. The van der Waals surface area contributed by atoms with E-state index in [2.05, 4.69) is 4.98 Å². The lowest BCUT2D eigenvalue weighted by Crippen LogP contribution is -2.13. The number of carboxylic acids is 1. The van der Waals surface area contributed by atoms with Gasteiger partial charge in [-0.25, -0.2) is 9.78 Å². The molecule has 0 aliphatic rings. The van der Waals surface area contributed by atoms with E-state index in [0.29, 0.717) is 11.3 Å². The zero-order valence-corrected chi connectivity index (χ0v) is 11.0. The second kappa shape index (κ2) is 6.16. The minimum atomic E-state index is -1.15. The summed E-state index contributed by atoms with van der Waals surface area (Å²) in [5.74, 6) is -1.00. The van der Waals surface area contributed by atoms with Gasteiger partial charge in [-0.15, -0.1) is 0 Å². The van der Waals surface area contributed by atoms with Gasteiger partial charge in [-0.1, -0.05) is 30.3 Å². The number of pyridine rings is 1. The van der Waals surface area contributed by atoms with Gasteiger partial charge in [0, 0.05) is 5.69 Å². The Morgan fingerprint density at radius 3 is 2.60 bits per heavy atom. The summed E-state index contributed by atoms with van der Waals surface area (Å²) in [5, 5.41) is 19.0. The lowest BCUT2D eigenvalue weighted by Gasteiger charge is -2.13. The number of ether oxygens (including phenoxy) is 1. The number of nitrogens with zero attached hydrogens (tertiary/aromatic N) is 1. The highest BCUT2D eigenvalue weighted by Gasteiger charge is 2.15. The van der Waals surface area contributed by atoms with Crippen LogP contribution >= 0.6 is 0 Å². The summed E-state index contributed by atoms with van der Waals surface area (Å²) in [5.41, 5.74) is 1.16. The van der Waals surface area contributed by atoms with Gasteiger partial charge in [-0.05, 0) is 24.6 Å². The Morgan fingerprint density at radius 2 is 1.95 bits per heavy atom. The maximum Gasteiger partial charge on any atom is 0.358 e. The van der Waals surface area contributed by atoms with E-state index in [0.717, 1.165) is 0 Å². The van der Waals surface area contributed by atoms with Gasteiger partial charge in [0.25, 0.3) is 0 Å². The third-order valence-electron chi connectivity index (χ3n) is 2.78. The van der Waals surface area contributed by atoms with Gasteiger partial charge in [0.2, 0.25) is 0 Å². The molecule has 0 fully saturated rings. The van der Waals surface area contributed by atoms with Crippen molar-refractivity contribution in [2.45, 2.75) is 13.0 Å². The molecule has 2 rings (SSSR count). The first kappa shape index (κ1) is 14.0. The molecule has 0 spiro atoms. The molecule has 5 heteroatoms. The molecule has 0 radical (unpaired) electrons. The quantitative estimate of drug-likeness (QED) is 0.873. The highest BCUT2D eigenvalue weighted by molar-refractivity contribution is 5.88. The second-order valence-corrected chi connectivity index (χ2v) is 4.34. The fourth-order valence-electron chi connectivity index (χ4n) is 1.75. The fraction of sp³-hybridized carbons (Fsp3) is 0.200. The molecule has 1 aromatic carbocycles. The smallest absolute Gasteiger partial charge is 0.358 e. The van der Waals surface area contributed by atoms with Crippen LogP contribution in [0.3, 0.4) is 0 Å². The average molecular weight is 273 g/mol. The number of aliphatic hydroxyl groups excluding tert-OH is 1. The van der Waals surface area contributed by atoms with Crippen molar-refractivity contribution in [2.24, 2.45) is 0 Å². The van der Waals surface area contributed by atoms with Crippen molar-refractivity contribution in [1.82, 2.24) is 4.98 Å². The number of benzene rings is 1. The normalized spacial score (nSPS) is 11.9. The van der Waals surface area contributed by atoms with E-state index in [-0.39, 0.29) is 18.1 Å². The van der Waals surface area contributed by atoms with E-state index in [9.17, 15) is 9.90 Å². The molecule has 0 aliphatic heterocycles. The van der Waals surface area contributed by atoms with Crippen molar-refractivity contribution in [3.63, 3.8) is 0 Å². The molecule has 0 saturated carbocycles. The van der Waals surface area contributed by atoms with Crippen LogP contribution in [0.15, 0.2) is 42.5 Å². The van der Waals surface area contributed by atoms with Crippen LogP contribution in [0.4, 0.5) is 0 Å². The largest absolute Gasteiger partial charge is 0.488 e. The van der Waals surface area contributed by atoms with Gasteiger partial charge in [-0.2, -0.15) is 0 Å². The number of carboxylic acid groups (broad SMARTS) is 1. The first-order valence-corrected chi connectivity index (χ1v) is 6.14. The van der Waals surface area contributed by atoms with Crippen LogP contribution < -0.4 is 4.74 Å². The molecule has 1 atom stereocenters. The highest BCUT2D eigenvalue weighted by Crippen LogP contribution is 2.20. The lowest BCUT2D eigenvalue weighted by molar-refractivity contribution is 0.0675. The van der Waals surface area contributed by atoms with Crippen LogP contribution in [-0.2, 0) is 0 Å². The van der Waals surface area contributed by atoms with Crippen molar-refractivity contribution in [2.75, 3.05) is 6.61 Å². The molecule has 104 valence electrons. The monoisotopic (exact) mass is 273 g/mol. The molecule has 5 nitrogen and oxygen atoms in total. The number of aryl methyl sites for hydroxylation is 1. The number of hydrogen-bond donors (Lipinski definition) is 2. The molecule has 1 unspecified atom stereocenters. The van der Waals surface area contributed by atoms with E-state index < -0.39 is 12.1 Å². The zero-order chi connectivity index (χ0) is 14.5. The van der Waals surface area contributed by atoms with E-state index in [1.807, 2.05) is 18.2 Å². The van der Waals surface area contributed by atoms with Crippen LogP contribution in [0, 0.1) is 6.92 Å². The van der Waals surface area contributed by atoms with Crippen LogP contribution in [0.25, 0.3) is 0 Å². The van der Waals surface area contributed by atoms with Gasteiger partial charge in [0.1, 0.15) is 12.7 Å². The van der Waals surface area contributed by atoms with E-state index in [4.69, 9.17) is 9.84 Å². The van der Waals surface area contributed by atoms with Crippen molar-refractivity contribution in [3.05, 3.63) is 59.4 Å². The Morgan fingerprint density at radius 1 is 1.25 bits per heavy atom. The van der Waals surface area contributed by atoms with Crippen molar-refractivity contribution < 1.29 is 19.7 Å². The lowest BCUT2D eigenvalue weighted by atomic mass is 10.1. The summed E-state index contributed by atoms with van der Waals surface area (Å²) in [6.45, 7) is 1.67. The van der Waals surface area contributed by atoms with Gasteiger partial charge in [-0.3, -0.25) is 0 Å². The van der Waals surface area contributed by atoms with Gasteiger partial charge in [0.05, 0.1) is 0 Å². The maximum atomic E-state index is 11.1. The van der Waals surface area contributed by atoms with Crippen molar-refractivity contribution in [3.8, 4) is 5.75 Å². The minimum absolute atomic E-state index is 0.0327. The number of carbonyl (C=O) groups is 1. The molecule has 20 heavy (non-hydrogen) atoms. The molecule has 1 aromatic heterocycles. The molecule has 0 bridgehead atoms. The Labute approximate surface area is 116 Å². The third-order valence-corrected chi connectivity index (χ3v) is 2.78. The summed E-state index contributed by atoms with van der Waals surface area (Å²) in [6.07, 6.45) is -0.820. The van der Waals surface area contributed by atoms with Crippen LogP contribution in [0.5, 0.6) is 5.75 Å². The predicted molar refractivity (Wildman–Crippen MR) is 72.8 cm³/mol. The second-order valence-electron chi connectivity index (χ2n) is 4.34. The SMILES string of the molecule is Cc1ccc(OCC(O)c2ccccc2)c(C(=O)O)n1. The summed E-state index contributed by atoms with van der Waals surface area (Å²) in [6, 6.07) is 12.2. The van der Waals surface area contributed by atoms with E-state index in [1.54, 1.807) is 31.2 Å². The molecular formula is C15H15NO4. The number of aliphatic hydroxyl groups is 1. The summed E-state index contributed by atoms with van der Waals surface area (Å²) in [4.78, 5) is 15.0. The molecule has 2 N–H and O–H groups in total. The summed E-state index contributed by atoms with van der Waals surface area (Å²) >= 11 is 0. The number of hydrogen-bond acceptors (Lipinski definition) is 4. The third kappa shape index (κ3) is 3.33. The van der Waals surface area contributed by atoms with Crippen LogP contribution in [-0.4, -0.2) is 27.8 Å². The zero-order valence-electron chi connectivity index (χ0n) is 11.0. The molecular weight excluding hydrogens is 258 g/mol. The van der Waals surface area contributed by atoms with E-state index >= 15 is 0 Å². The Kier molecular flexibility index (Phi) is 4.32. The van der Waals surface area contributed by atoms with Crippen LogP contribution in [0.2, 0.25) is 0 Å². The number of aromatic carboxylic acids is 1. The first-order chi connectivity index (χ1) is 9.58.